The maximum absolute atomic E-state index is 10.7. The summed E-state index contributed by atoms with van der Waals surface area (Å²) in [6.45, 7) is 2.05. The molecular weight excluding hydrogens is 354 g/mol. The van der Waals surface area contributed by atoms with Gasteiger partial charge in [-0.3, -0.25) is 10.1 Å². The average molecular weight is 370 g/mol. The van der Waals surface area contributed by atoms with Crippen LogP contribution in [-0.4, -0.2) is 14.9 Å². The second-order valence-corrected chi connectivity index (χ2v) is 6.02. The van der Waals surface area contributed by atoms with Crippen molar-refractivity contribution in [2.75, 3.05) is 11.1 Å². The summed E-state index contributed by atoms with van der Waals surface area (Å²) >= 11 is 6.13. The number of nitrogen functional groups attached to an aromatic ring is 1. The zero-order valence-electron chi connectivity index (χ0n) is 13.9. The fraction of sp³-hybridized carbons (Fsp3) is 0.111. The number of nitro groups is 1. The van der Waals surface area contributed by atoms with Crippen LogP contribution >= 0.6 is 11.6 Å². The lowest BCUT2D eigenvalue weighted by Crippen LogP contribution is -2.02. The van der Waals surface area contributed by atoms with Crippen molar-refractivity contribution in [3.63, 3.8) is 0 Å². The predicted octanol–water partition coefficient (Wildman–Crippen LogP) is 4.59. The molecule has 0 saturated heterocycles. The van der Waals surface area contributed by atoms with Crippen molar-refractivity contribution in [1.82, 2.24) is 9.97 Å². The van der Waals surface area contributed by atoms with Gasteiger partial charge < -0.3 is 11.1 Å². The number of benzene rings is 2. The number of nitrogens with one attached hydrogen (secondary N) is 1. The van der Waals surface area contributed by atoms with E-state index in [1.54, 1.807) is 18.2 Å². The van der Waals surface area contributed by atoms with E-state index in [0.717, 1.165) is 17.5 Å². The summed E-state index contributed by atoms with van der Waals surface area (Å²) in [5.41, 5.74) is 9.17. The van der Waals surface area contributed by atoms with Gasteiger partial charge in [-0.1, -0.05) is 24.6 Å². The Morgan fingerprint density at radius 3 is 2.54 bits per heavy atom. The van der Waals surface area contributed by atoms with Gasteiger partial charge in [0.2, 0.25) is 5.95 Å². The Morgan fingerprint density at radius 1 is 1.15 bits per heavy atom. The normalized spacial score (nSPS) is 10.5. The number of halogens is 1. The lowest BCUT2D eigenvalue weighted by molar-refractivity contribution is -0.384. The van der Waals surface area contributed by atoms with Crippen molar-refractivity contribution in [3.05, 3.63) is 69.2 Å². The standard InChI is InChI=1S/C18H16ClN5O2/c1-2-11-3-4-12(19)9-15(11)16-10-17(23-18(20)22-16)21-13-5-7-14(8-6-13)24(25)26/h3-10H,2H2,1H3,(H3,20,21,22,23). The minimum Gasteiger partial charge on any atom is -0.368 e. The first kappa shape index (κ1) is 17.6. The van der Waals surface area contributed by atoms with Gasteiger partial charge in [0.05, 0.1) is 10.6 Å². The molecule has 3 rings (SSSR count). The summed E-state index contributed by atoms with van der Waals surface area (Å²) < 4.78 is 0. The highest BCUT2D eigenvalue weighted by Crippen LogP contribution is 2.29. The van der Waals surface area contributed by atoms with E-state index in [1.807, 2.05) is 25.1 Å². The van der Waals surface area contributed by atoms with Crippen LogP contribution in [0.1, 0.15) is 12.5 Å². The van der Waals surface area contributed by atoms with Crippen molar-refractivity contribution in [1.29, 1.82) is 0 Å². The third-order valence-electron chi connectivity index (χ3n) is 3.82. The Hall–Kier alpha value is -3.19. The van der Waals surface area contributed by atoms with E-state index in [-0.39, 0.29) is 11.6 Å². The molecule has 3 N–H and O–H groups in total. The first-order chi connectivity index (χ1) is 12.5. The molecule has 0 spiro atoms. The molecule has 26 heavy (non-hydrogen) atoms. The molecule has 0 unspecified atom stereocenters. The van der Waals surface area contributed by atoms with Gasteiger partial charge in [0.1, 0.15) is 5.82 Å². The van der Waals surface area contributed by atoms with Crippen molar-refractivity contribution in [2.45, 2.75) is 13.3 Å². The number of rotatable bonds is 5. The Balaban J connectivity index is 1.95. The Bertz CT molecular complexity index is 960. The SMILES string of the molecule is CCc1ccc(Cl)cc1-c1cc(Nc2ccc([N+](=O)[O-])cc2)nc(N)n1. The number of hydrogen-bond donors (Lipinski definition) is 2. The zero-order chi connectivity index (χ0) is 18.7. The second-order valence-electron chi connectivity index (χ2n) is 5.58. The molecule has 1 aromatic heterocycles. The molecule has 8 heteroatoms. The highest BCUT2D eigenvalue weighted by Gasteiger charge is 2.11. The minimum atomic E-state index is -0.448. The summed E-state index contributed by atoms with van der Waals surface area (Å²) in [6.07, 6.45) is 0.821. The Labute approximate surface area is 155 Å². The summed E-state index contributed by atoms with van der Waals surface area (Å²) in [7, 11) is 0. The third-order valence-corrected chi connectivity index (χ3v) is 4.06. The van der Waals surface area contributed by atoms with Crippen LogP contribution in [0.15, 0.2) is 48.5 Å². The molecule has 2 aromatic carbocycles. The van der Waals surface area contributed by atoms with E-state index < -0.39 is 4.92 Å². The van der Waals surface area contributed by atoms with E-state index in [0.29, 0.717) is 22.2 Å². The lowest BCUT2D eigenvalue weighted by atomic mass is 10.0. The predicted molar refractivity (Wildman–Crippen MR) is 103 cm³/mol. The molecule has 0 atom stereocenters. The number of aromatic nitrogens is 2. The fourth-order valence-corrected chi connectivity index (χ4v) is 2.75. The lowest BCUT2D eigenvalue weighted by Gasteiger charge is -2.11. The van der Waals surface area contributed by atoms with Gasteiger partial charge >= 0.3 is 0 Å². The number of nitro benzene ring substituents is 1. The second kappa shape index (κ2) is 7.37. The van der Waals surface area contributed by atoms with Crippen molar-refractivity contribution >= 4 is 34.7 Å². The van der Waals surface area contributed by atoms with Gasteiger partial charge in [-0.2, -0.15) is 4.98 Å². The van der Waals surface area contributed by atoms with Crippen LogP contribution in [0.25, 0.3) is 11.3 Å². The van der Waals surface area contributed by atoms with Crippen molar-refractivity contribution < 1.29 is 4.92 Å². The summed E-state index contributed by atoms with van der Waals surface area (Å²) in [5, 5.41) is 14.4. The number of hydrogen-bond acceptors (Lipinski definition) is 6. The Kier molecular flexibility index (Phi) is 4.99. The first-order valence-electron chi connectivity index (χ1n) is 7.91. The fourth-order valence-electron chi connectivity index (χ4n) is 2.58. The third kappa shape index (κ3) is 3.89. The number of non-ortho nitro benzene ring substituents is 1. The van der Waals surface area contributed by atoms with E-state index in [2.05, 4.69) is 15.3 Å². The van der Waals surface area contributed by atoms with Crippen LogP contribution in [0.4, 0.5) is 23.1 Å². The van der Waals surface area contributed by atoms with E-state index in [1.165, 1.54) is 12.1 Å². The minimum absolute atomic E-state index is 0.0185. The molecule has 7 nitrogen and oxygen atoms in total. The quantitative estimate of drug-likeness (QED) is 0.503. The summed E-state index contributed by atoms with van der Waals surface area (Å²) in [6, 6.07) is 13.4. The molecular formula is C18H16ClN5O2. The molecule has 0 aliphatic carbocycles. The highest BCUT2D eigenvalue weighted by molar-refractivity contribution is 6.30. The molecule has 0 aliphatic rings. The number of nitrogens with two attached hydrogens (primary N) is 1. The number of nitrogens with zero attached hydrogens (tertiary/aromatic N) is 3. The largest absolute Gasteiger partial charge is 0.368 e. The van der Waals surface area contributed by atoms with E-state index >= 15 is 0 Å². The van der Waals surface area contributed by atoms with Crippen LogP contribution in [-0.2, 0) is 6.42 Å². The number of aryl methyl sites for hydroxylation is 1. The number of anilines is 3. The van der Waals surface area contributed by atoms with Gasteiger partial charge in [0.15, 0.2) is 0 Å². The van der Waals surface area contributed by atoms with Gasteiger partial charge in [-0.15, -0.1) is 0 Å². The maximum atomic E-state index is 10.7. The van der Waals surface area contributed by atoms with Crippen LogP contribution in [0, 0.1) is 10.1 Å². The topological polar surface area (TPSA) is 107 Å². The molecule has 0 fully saturated rings. The van der Waals surface area contributed by atoms with E-state index in [9.17, 15) is 10.1 Å². The molecule has 0 saturated carbocycles. The molecule has 0 bridgehead atoms. The molecule has 0 radical (unpaired) electrons. The van der Waals surface area contributed by atoms with Gasteiger partial charge in [-0.05, 0) is 36.2 Å². The van der Waals surface area contributed by atoms with Crippen LogP contribution in [0.3, 0.4) is 0 Å². The monoisotopic (exact) mass is 369 g/mol. The van der Waals surface area contributed by atoms with Crippen LogP contribution < -0.4 is 11.1 Å². The van der Waals surface area contributed by atoms with Gasteiger partial charge in [0.25, 0.3) is 5.69 Å². The summed E-state index contributed by atoms with van der Waals surface area (Å²) in [5.74, 6) is 0.609. The molecule has 0 amide bonds. The van der Waals surface area contributed by atoms with Crippen molar-refractivity contribution in [2.24, 2.45) is 0 Å². The molecule has 1 heterocycles. The summed E-state index contributed by atoms with van der Waals surface area (Å²) in [4.78, 5) is 18.8. The van der Waals surface area contributed by atoms with Crippen molar-refractivity contribution in [3.8, 4) is 11.3 Å². The zero-order valence-corrected chi connectivity index (χ0v) is 14.7. The first-order valence-corrected chi connectivity index (χ1v) is 8.29. The molecule has 0 aliphatic heterocycles. The molecule has 132 valence electrons. The van der Waals surface area contributed by atoms with E-state index in [4.69, 9.17) is 17.3 Å². The smallest absolute Gasteiger partial charge is 0.269 e. The Morgan fingerprint density at radius 2 is 1.88 bits per heavy atom. The van der Waals surface area contributed by atoms with Crippen LogP contribution in [0.5, 0.6) is 0 Å². The maximum Gasteiger partial charge on any atom is 0.269 e. The molecule has 3 aromatic rings. The van der Waals surface area contributed by atoms with Gasteiger partial charge in [0, 0.05) is 34.5 Å². The van der Waals surface area contributed by atoms with Crippen LogP contribution in [0.2, 0.25) is 5.02 Å². The highest BCUT2D eigenvalue weighted by atomic mass is 35.5. The average Bonchev–Trinajstić information content (AvgIpc) is 2.61. The van der Waals surface area contributed by atoms with Gasteiger partial charge in [-0.25, -0.2) is 4.98 Å².